The first-order chi connectivity index (χ1) is 16.9. The van der Waals surface area contributed by atoms with Crippen LogP contribution in [-0.4, -0.2) is 65.5 Å². The van der Waals surface area contributed by atoms with Gasteiger partial charge in [0.1, 0.15) is 23.4 Å². The Morgan fingerprint density at radius 2 is 1.91 bits per heavy atom. The maximum atomic E-state index is 13.3. The SMILES string of the molecule is CCOc1cccc([C@@H]2/C(=C(\O)c3ccc4c(c3)C[C@@H](C)O4)C(=O)C(=O)N2CCN(CC)CC)c1. The van der Waals surface area contributed by atoms with Crippen LogP contribution in [0.15, 0.2) is 48.0 Å². The Morgan fingerprint density at radius 3 is 2.63 bits per heavy atom. The van der Waals surface area contributed by atoms with E-state index < -0.39 is 17.7 Å². The molecule has 2 heterocycles. The highest BCUT2D eigenvalue weighted by Crippen LogP contribution is 2.41. The molecule has 0 saturated carbocycles. The van der Waals surface area contributed by atoms with Crippen molar-refractivity contribution in [2.45, 2.75) is 46.3 Å². The van der Waals surface area contributed by atoms with E-state index in [1.165, 1.54) is 0 Å². The second-order valence-electron chi connectivity index (χ2n) is 8.98. The molecule has 7 nitrogen and oxygen atoms in total. The number of aliphatic hydroxyl groups excluding tert-OH is 1. The number of hydrogen-bond donors (Lipinski definition) is 1. The number of fused-ring (bicyclic) bond motifs is 1. The molecule has 1 fully saturated rings. The molecular weight excluding hydrogens is 444 g/mol. The van der Waals surface area contributed by atoms with Gasteiger partial charge < -0.3 is 24.4 Å². The van der Waals surface area contributed by atoms with Crippen molar-refractivity contribution in [1.29, 1.82) is 0 Å². The van der Waals surface area contributed by atoms with Crippen molar-refractivity contribution in [3.8, 4) is 11.5 Å². The van der Waals surface area contributed by atoms with Gasteiger partial charge in [0, 0.05) is 25.1 Å². The van der Waals surface area contributed by atoms with Crippen LogP contribution >= 0.6 is 0 Å². The smallest absolute Gasteiger partial charge is 0.295 e. The van der Waals surface area contributed by atoms with Gasteiger partial charge in [-0.3, -0.25) is 9.59 Å². The maximum Gasteiger partial charge on any atom is 0.295 e. The van der Waals surface area contributed by atoms with Crippen LogP contribution in [0.25, 0.3) is 5.76 Å². The maximum absolute atomic E-state index is 13.3. The number of hydrogen-bond acceptors (Lipinski definition) is 6. The summed E-state index contributed by atoms with van der Waals surface area (Å²) in [4.78, 5) is 30.3. The van der Waals surface area contributed by atoms with Gasteiger partial charge >= 0.3 is 0 Å². The van der Waals surface area contributed by atoms with Crippen molar-refractivity contribution < 1.29 is 24.2 Å². The first-order valence-corrected chi connectivity index (χ1v) is 12.4. The van der Waals surface area contributed by atoms with Crippen molar-refractivity contribution in [1.82, 2.24) is 9.80 Å². The summed E-state index contributed by atoms with van der Waals surface area (Å²) in [6, 6.07) is 12.1. The van der Waals surface area contributed by atoms with Crippen LogP contribution in [0.4, 0.5) is 0 Å². The van der Waals surface area contributed by atoms with E-state index in [1.807, 2.05) is 50.2 Å². The molecule has 0 aliphatic carbocycles. The van der Waals surface area contributed by atoms with E-state index in [1.54, 1.807) is 11.0 Å². The minimum absolute atomic E-state index is 0.0642. The Bertz CT molecular complexity index is 1140. The average molecular weight is 479 g/mol. The average Bonchev–Trinajstić information content (AvgIpc) is 3.35. The van der Waals surface area contributed by atoms with Crippen LogP contribution < -0.4 is 9.47 Å². The lowest BCUT2D eigenvalue weighted by Gasteiger charge is -2.28. The topological polar surface area (TPSA) is 79.3 Å². The van der Waals surface area contributed by atoms with Crippen molar-refractivity contribution in [3.63, 3.8) is 0 Å². The highest BCUT2D eigenvalue weighted by atomic mass is 16.5. The summed E-state index contributed by atoms with van der Waals surface area (Å²) in [6.07, 6.45) is 0.795. The monoisotopic (exact) mass is 478 g/mol. The molecule has 1 N–H and O–H groups in total. The van der Waals surface area contributed by atoms with Gasteiger partial charge in [0.15, 0.2) is 0 Å². The van der Waals surface area contributed by atoms with E-state index in [4.69, 9.17) is 9.47 Å². The van der Waals surface area contributed by atoms with Gasteiger partial charge in [-0.25, -0.2) is 0 Å². The number of carbonyl (C=O) groups is 2. The number of benzene rings is 2. The summed E-state index contributed by atoms with van der Waals surface area (Å²) in [7, 11) is 0. The molecule has 0 spiro atoms. The summed E-state index contributed by atoms with van der Waals surface area (Å²) < 4.78 is 11.5. The van der Waals surface area contributed by atoms with Crippen molar-refractivity contribution in [2.24, 2.45) is 0 Å². The Kier molecular flexibility index (Phi) is 7.45. The van der Waals surface area contributed by atoms with Crippen LogP contribution in [0, 0.1) is 0 Å². The summed E-state index contributed by atoms with van der Waals surface area (Å²) in [5, 5.41) is 11.4. The minimum atomic E-state index is -0.700. The van der Waals surface area contributed by atoms with Crippen LogP contribution in [0.1, 0.15) is 50.4 Å². The normalized spacial score (nSPS) is 20.9. The molecule has 2 aliphatic rings. The van der Waals surface area contributed by atoms with Crippen LogP contribution in [0.3, 0.4) is 0 Å². The number of ether oxygens (including phenoxy) is 2. The van der Waals surface area contributed by atoms with E-state index in [9.17, 15) is 14.7 Å². The minimum Gasteiger partial charge on any atom is -0.507 e. The second-order valence-corrected chi connectivity index (χ2v) is 8.98. The molecule has 0 unspecified atom stereocenters. The molecule has 1 amide bonds. The van der Waals surface area contributed by atoms with Gasteiger partial charge in [0.25, 0.3) is 11.7 Å². The van der Waals surface area contributed by atoms with E-state index >= 15 is 0 Å². The Morgan fingerprint density at radius 1 is 1.14 bits per heavy atom. The number of carbonyl (C=O) groups excluding carboxylic acids is 2. The number of amides is 1. The first kappa shape index (κ1) is 24.8. The predicted octanol–water partition coefficient (Wildman–Crippen LogP) is 4.17. The molecule has 1 saturated heterocycles. The van der Waals surface area contributed by atoms with Gasteiger partial charge in [-0.1, -0.05) is 26.0 Å². The van der Waals surface area contributed by atoms with Crippen molar-refractivity contribution >= 4 is 17.4 Å². The zero-order valence-corrected chi connectivity index (χ0v) is 20.9. The van der Waals surface area contributed by atoms with E-state index in [-0.39, 0.29) is 17.4 Å². The third-order valence-electron chi connectivity index (χ3n) is 6.75. The van der Waals surface area contributed by atoms with Gasteiger partial charge in [-0.05, 0) is 68.4 Å². The van der Waals surface area contributed by atoms with Gasteiger partial charge in [0.2, 0.25) is 0 Å². The number of likely N-dealkylation sites (N-methyl/N-ethyl adjacent to an activating group) is 1. The highest BCUT2D eigenvalue weighted by molar-refractivity contribution is 6.46. The third-order valence-corrected chi connectivity index (χ3v) is 6.75. The van der Waals surface area contributed by atoms with Crippen LogP contribution in [0.5, 0.6) is 11.5 Å². The number of rotatable bonds is 9. The molecule has 2 aliphatic heterocycles. The number of Topliss-reactive ketones (excluding diaryl/α,β-unsaturated/α-hetero) is 1. The highest BCUT2D eigenvalue weighted by Gasteiger charge is 2.46. The fraction of sp³-hybridized carbons (Fsp3) is 0.429. The molecule has 186 valence electrons. The summed E-state index contributed by atoms with van der Waals surface area (Å²) in [5.74, 6) is 0.0168. The number of nitrogens with zero attached hydrogens (tertiary/aromatic N) is 2. The zero-order valence-electron chi connectivity index (χ0n) is 20.9. The number of likely N-dealkylation sites (tertiary alicyclic amines) is 1. The van der Waals surface area contributed by atoms with Crippen molar-refractivity contribution in [2.75, 3.05) is 32.8 Å². The lowest BCUT2D eigenvalue weighted by molar-refractivity contribution is -0.140. The Labute approximate surface area is 206 Å². The molecule has 0 radical (unpaired) electrons. The third kappa shape index (κ3) is 4.91. The largest absolute Gasteiger partial charge is 0.507 e. The molecule has 35 heavy (non-hydrogen) atoms. The zero-order chi connectivity index (χ0) is 25.1. The summed E-state index contributed by atoms with van der Waals surface area (Å²) in [5.41, 5.74) is 2.32. The second kappa shape index (κ2) is 10.5. The fourth-order valence-electron chi connectivity index (χ4n) is 4.91. The molecule has 0 aromatic heterocycles. The Hall–Kier alpha value is -3.32. The van der Waals surface area contributed by atoms with Crippen LogP contribution in [0.2, 0.25) is 0 Å². The van der Waals surface area contributed by atoms with Gasteiger partial charge in [-0.2, -0.15) is 0 Å². The molecule has 2 atom stereocenters. The Balaban J connectivity index is 1.79. The van der Waals surface area contributed by atoms with Crippen LogP contribution in [-0.2, 0) is 16.0 Å². The molecule has 2 aromatic rings. The first-order valence-electron chi connectivity index (χ1n) is 12.4. The standard InChI is InChI=1S/C28H34N2O5/c1-5-29(6-2)13-14-30-25(19-9-8-10-22(17-19)34-7-3)24(27(32)28(30)33)26(31)20-11-12-23-21(16-20)15-18(4)35-23/h8-12,16-18,25,31H,5-7,13-15H2,1-4H3/b26-24+/t18-,25-/m1/s1. The van der Waals surface area contributed by atoms with Crippen molar-refractivity contribution in [3.05, 3.63) is 64.7 Å². The summed E-state index contributed by atoms with van der Waals surface area (Å²) in [6.45, 7) is 11.2. The quantitative estimate of drug-likeness (QED) is 0.331. The molecule has 4 rings (SSSR count). The van der Waals surface area contributed by atoms with E-state index in [0.29, 0.717) is 31.0 Å². The lowest BCUT2D eigenvalue weighted by atomic mass is 9.94. The number of aliphatic hydroxyl groups is 1. The van der Waals surface area contributed by atoms with E-state index in [2.05, 4.69) is 18.7 Å². The van der Waals surface area contributed by atoms with Gasteiger partial charge in [0.05, 0.1) is 18.2 Å². The molecular formula is C28H34N2O5. The molecule has 7 heteroatoms. The molecule has 2 aromatic carbocycles. The fourth-order valence-corrected chi connectivity index (χ4v) is 4.91. The summed E-state index contributed by atoms with van der Waals surface area (Å²) >= 11 is 0. The number of ketones is 1. The van der Waals surface area contributed by atoms with Gasteiger partial charge in [-0.15, -0.1) is 0 Å². The lowest BCUT2D eigenvalue weighted by Crippen LogP contribution is -2.38. The van der Waals surface area contributed by atoms with E-state index in [0.717, 1.165) is 36.4 Å². The predicted molar refractivity (Wildman–Crippen MR) is 135 cm³/mol. The molecule has 0 bridgehead atoms.